The fraction of sp³-hybridized carbons (Fsp3) is 0.318. The van der Waals surface area contributed by atoms with E-state index in [4.69, 9.17) is 0 Å². The number of piperidine rings is 1. The molecule has 0 aliphatic carbocycles. The van der Waals surface area contributed by atoms with E-state index in [1.54, 1.807) is 12.4 Å². The summed E-state index contributed by atoms with van der Waals surface area (Å²) in [4.78, 5) is 22.8. The largest absolute Gasteiger partial charge is 0.338 e. The molecule has 4 rings (SSSR count). The third-order valence-electron chi connectivity index (χ3n) is 5.28. The summed E-state index contributed by atoms with van der Waals surface area (Å²) in [6.07, 6.45) is 10.9. The number of nitrogens with one attached hydrogen (secondary N) is 1. The van der Waals surface area contributed by atoms with E-state index < -0.39 is 0 Å². The van der Waals surface area contributed by atoms with Gasteiger partial charge in [-0.25, -0.2) is 4.98 Å². The molecule has 3 heterocycles. The first-order valence-electron chi connectivity index (χ1n) is 9.75. The Morgan fingerprint density at radius 3 is 2.57 bits per heavy atom. The zero-order valence-corrected chi connectivity index (χ0v) is 15.8. The van der Waals surface area contributed by atoms with Gasteiger partial charge in [0.2, 0.25) is 0 Å². The molecule has 1 amide bonds. The number of benzene rings is 1. The zero-order chi connectivity index (χ0) is 19.2. The van der Waals surface area contributed by atoms with E-state index in [1.807, 2.05) is 41.8 Å². The van der Waals surface area contributed by atoms with E-state index in [0.717, 1.165) is 32.5 Å². The molecule has 1 fully saturated rings. The number of hydrogen-bond acceptors (Lipinski definition) is 4. The summed E-state index contributed by atoms with van der Waals surface area (Å²) in [5.74, 6) is 0.0737. The third kappa shape index (κ3) is 4.46. The van der Waals surface area contributed by atoms with E-state index in [2.05, 4.69) is 44.1 Å². The minimum atomic E-state index is 0.0737. The smallest absolute Gasteiger partial charge is 0.255 e. The Labute approximate surface area is 165 Å². The van der Waals surface area contributed by atoms with Crippen LogP contribution in [0.3, 0.4) is 0 Å². The lowest BCUT2D eigenvalue weighted by molar-refractivity contribution is 0.0700. The number of nitrogens with zero attached hydrogens (tertiary/aromatic N) is 4. The molecule has 1 unspecified atom stereocenters. The number of imidazole rings is 1. The van der Waals surface area contributed by atoms with Crippen molar-refractivity contribution in [3.63, 3.8) is 0 Å². The Bertz CT molecular complexity index is 858. The topological polar surface area (TPSA) is 63.1 Å². The summed E-state index contributed by atoms with van der Waals surface area (Å²) in [6.45, 7) is 2.36. The van der Waals surface area contributed by atoms with Crippen LogP contribution in [0.1, 0.15) is 34.8 Å². The van der Waals surface area contributed by atoms with Gasteiger partial charge in [0.1, 0.15) is 0 Å². The van der Waals surface area contributed by atoms with E-state index in [1.165, 1.54) is 5.56 Å². The number of amides is 1. The van der Waals surface area contributed by atoms with Gasteiger partial charge in [0.25, 0.3) is 5.91 Å². The van der Waals surface area contributed by atoms with Crippen molar-refractivity contribution in [2.45, 2.75) is 31.5 Å². The summed E-state index contributed by atoms with van der Waals surface area (Å²) in [5.41, 5.74) is 1.93. The summed E-state index contributed by atoms with van der Waals surface area (Å²) in [5, 5.41) is 3.81. The van der Waals surface area contributed by atoms with E-state index in [0.29, 0.717) is 11.6 Å². The average molecular weight is 375 g/mol. The van der Waals surface area contributed by atoms with Gasteiger partial charge in [0.15, 0.2) is 0 Å². The van der Waals surface area contributed by atoms with Gasteiger partial charge in [-0.05, 0) is 30.5 Å². The third-order valence-corrected chi connectivity index (χ3v) is 5.28. The fourth-order valence-corrected chi connectivity index (χ4v) is 3.75. The molecule has 28 heavy (non-hydrogen) atoms. The minimum absolute atomic E-state index is 0.0737. The molecule has 1 aliphatic heterocycles. The monoisotopic (exact) mass is 375 g/mol. The highest BCUT2D eigenvalue weighted by molar-refractivity contribution is 5.93. The number of carbonyl (C=O) groups is 1. The number of pyridine rings is 1. The first-order chi connectivity index (χ1) is 13.8. The lowest BCUT2D eigenvalue weighted by Gasteiger charge is -2.35. The predicted octanol–water partition coefficient (Wildman–Crippen LogP) is 2.91. The van der Waals surface area contributed by atoms with Gasteiger partial charge < -0.3 is 14.8 Å². The van der Waals surface area contributed by atoms with E-state index >= 15 is 0 Å². The normalized spacial score (nSPS) is 16.1. The van der Waals surface area contributed by atoms with Crippen molar-refractivity contribution in [1.82, 2.24) is 24.8 Å². The van der Waals surface area contributed by atoms with Crippen molar-refractivity contribution < 1.29 is 4.79 Å². The van der Waals surface area contributed by atoms with Crippen LogP contribution in [-0.4, -0.2) is 44.5 Å². The molecule has 0 bridgehead atoms. The summed E-state index contributed by atoms with van der Waals surface area (Å²) < 4.78 is 2.10. The number of rotatable bonds is 6. The molecule has 1 aromatic carbocycles. The van der Waals surface area contributed by atoms with Crippen molar-refractivity contribution in [3.05, 3.63) is 84.7 Å². The van der Waals surface area contributed by atoms with Gasteiger partial charge in [0, 0.05) is 50.5 Å². The lowest BCUT2D eigenvalue weighted by Crippen LogP contribution is -2.46. The highest BCUT2D eigenvalue weighted by Gasteiger charge is 2.25. The number of likely N-dealkylation sites (tertiary alicyclic amines) is 1. The van der Waals surface area contributed by atoms with Crippen LogP contribution in [-0.2, 0) is 6.54 Å². The highest BCUT2D eigenvalue weighted by Crippen LogP contribution is 2.20. The van der Waals surface area contributed by atoms with Crippen LogP contribution in [0.4, 0.5) is 0 Å². The molecule has 1 saturated heterocycles. The summed E-state index contributed by atoms with van der Waals surface area (Å²) >= 11 is 0. The number of carbonyl (C=O) groups excluding carboxylic acids is 1. The maximum Gasteiger partial charge on any atom is 0.255 e. The van der Waals surface area contributed by atoms with Crippen LogP contribution in [0.2, 0.25) is 0 Å². The quantitative estimate of drug-likeness (QED) is 0.720. The molecule has 1 aliphatic rings. The standard InChI is InChI=1S/C22H25N5O/c28-22(19-7-4-10-23-15-19)27-12-8-20(9-13-27)25-21(16-26-14-11-24-17-26)18-5-2-1-3-6-18/h1-7,10-11,14-15,17,20-21,25H,8-9,12-13,16H2. The minimum Gasteiger partial charge on any atom is -0.338 e. The predicted molar refractivity (Wildman–Crippen MR) is 108 cm³/mol. The van der Waals surface area contributed by atoms with Crippen LogP contribution in [0.25, 0.3) is 0 Å². The second kappa shape index (κ2) is 8.80. The van der Waals surface area contributed by atoms with Crippen LogP contribution in [0.15, 0.2) is 73.6 Å². The average Bonchev–Trinajstić information content (AvgIpc) is 3.28. The molecule has 0 saturated carbocycles. The Hall–Kier alpha value is -2.99. The molecule has 1 atom stereocenters. The molecule has 0 spiro atoms. The Kier molecular flexibility index (Phi) is 5.77. The summed E-state index contributed by atoms with van der Waals surface area (Å²) in [7, 11) is 0. The Morgan fingerprint density at radius 1 is 1.07 bits per heavy atom. The van der Waals surface area contributed by atoms with Crippen LogP contribution >= 0.6 is 0 Å². The maximum absolute atomic E-state index is 12.6. The molecule has 6 nitrogen and oxygen atoms in total. The molecular weight excluding hydrogens is 350 g/mol. The van der Waals surface area contributed by atoms with Crippen LogP contribution in [0.5, 0.6) is 0 Å². The van der Waals surface area contributed by atoms with Crippen molar-refractivity contribution in [2.75, 3.05) is 13.1 Å². The van der Waals surface area contributed by atoms with Gasteiger partial charge in [-0.1, -0.05) is 30.3 Å². The Morgan fingerprint density at radius 2 is 1.89 bits per heavy atom. The molecule has 0 radical (unpaired) electrons. The highest BCUT2D eigenvalue weighted by atomic mass is 16.2. The first-order valence-corrected chi connectivity index (χ1v) is 9.75. The molecule has 144 valence electrons. The van der Waals surface area contributed by atoms with E-state index in [9.17, 15) is 4.79 Å². The second-order valence-electron chi connectivity index (χ2n) is 7.20. The lowest BCUT2D eigenvalue weighted by atomic mass is 10.00. The molecule has 2 aromatic heterocycles. The van der Waals surface area contributed by atoms with Crippen molar-refractivity contribution in [3.8, 4) is 0 Å². The zero-order valence-electron chi connectivity index (χ0n) is 15.8. The Balaban J connectivity index is 1.38. The molecule has 1 N–H and O–H groups in total. The number of hydrogen-bond donors (Lipinski definition) is 1. The molecule has 3 aromatic rings. The van der Waals surface area contributed by atoms with E-state index in [-0.39, 0.29) is 11.9 Å². The van der Waals surface area contributed by atoms with Crippen molar-refractivity contribution >= 4 is 5.91 Å². The fourth-order valence-electron chi connectivity index (χ4n) is 3.75. The van der Waals surface area contributed by atoms with Gasteiger partial charge in [0.05, 0.1) is 17.9 Å². The van der Waals surface area contributed by atoms with Crippen LogP contribution in [0, 0.1) is 0 Å². The SMILES string of the molecule is O=C(c1cccnc1)N1CCC(NC(Cn2ccnc2)c2ccccc2)CC1. The second-order valence-corrected chi connectivity index (χ2v) is 7.20. The van der Waals surface area contributed by atoms with Gasteiger partial charge in [-0.15, -0.1) is 0 Å². The molecule has 6 heteroatoms. The van der Waals surface area contributed by atoms with Gasteiger partial charge >= 0.3 is 0 Å². The van der Waals surface area contributed by atoms with Crippen molar-refractivity contribution in [1.29, 1.82) is 0 Å². The van der Waals surface area contributed by atoms with Crippen LogP contribution < -0.4 is 5.32 Å². The first kappa shape index (κ1) is 18.4. The molecular formula is C22H25N5O. The van der Waals surface area contributed by atoms with Gasteiger partial charge in [-0.2, -0.15) is 0 Å². The maximum atomic E-state index is 12.6. The van der Waals surface area contributed by atoms with Crippen molar-refractivity contribution in [2.24, 2.45) is 0 Å². The summed E-state index contributed by atoms with van der Waals surface area (Å²) in [6, 6.07) is 14.7. The van der Waals surface area contributed by atoms with Gasteiger partial charge in [-0.3, -0.25) is 9.78 Å². The number of aromatic nitrogens is 3.